The van der Waals surface area contributed by atoms with Gasteiger partial charge in [-0.05, 0) is 30.2 Å². The van der Waals surface area contributed by atoms with Crippen molar-refractivity contribution in [3.05, 3.63) is 40.9 Å². The van der Waals surface area contributed by atoms with Crippen LogP contribution in [-0.4, -0.2) is 37.7 Å². The third kappa shape index (κ3) is 4.53. The number of hydrogen-bond donors (Lipinski definition) is 1. The second-order valence-corrected chi connectivity index (χ2v) is 5.44. The fourth-order valence-electron chi connectivity index (χ4n) is 2.09. The molecule has 1 saturated heterocycles. The molecule has 19 heavy (non-hydrogen) atoms. The highest BCUT2D eigenvalue weighted by Gasteiger charge is 2.11. The first-order valence-corrected chi connectivity index (χ1v) is 7.01. The lowest BCUT2D eigenvalue weighted by atomic mass is 10.2. The topological polar surface area (TPSA) is 24.5 Å². The van der Waals surface area contributed by atoms with Gasteiger partial charge in [0.1, 0.15) is 12.4 Å². The first-order valence-electron chi connectivity index (χ1n) is 6.64. The van der Waals surface area contributed by atoms with Crippen LogP contribution >= 0.6 is 11.6 Å². The summed E-state index contributed by atoms with van der Waals surface area (Å²) in [7, 11) is 0. The number of piperazine rings is 1. The van der Waals surface area contributed by atoms with E-state index in [-0.39, 0.29) is 0 Å². The number of nitrogens with one attached hydrogen (secondary N) is 1. The van der Waals surface area contributed by atoms with E-state index in [1.165, 1.54) is 5.56 Å². The largest absolute Gasteiger partial charge is 0.488 e. The molecule has 0 aliphatic carbocycles. The average molecular weight is 281 g/mol. The van der Waals surface area contributed by atoms with Crippen LogP contribution in [0, 0.1) is 0 Å². The molecule has 4 heteroatoms. The second kappa shape index (κ2) is 6.94. The lowest BCUT2D eigenvalue weighted by Gasteiger charge is -2.27. The van der Waals surface area contributed by atoms with Gasteiger partial charge in [-0.1, -0.05) is 24.2 Å². The first kappa shape index (κ1) is 14.4. The molecule has 0 bridgehead atoms. The maximum atomic E-state index is 6.25. The van der Waals surface area contributed by atoms with Gasteiger partial charge in [0.15, 0.2) is 0 Å². The SMILES string of the molecule is C=C(C)COc1ccc(CN2CCNCC2)cc1Cl. The van der Waals surface area contributed by atoms with Gasteiger partial charge in [-0.3, -0.25) is 4.90 Å². The van der Waals surface area contributed by atoms with E-state index >= 15 is 0 Å². The van der Waals surface area contributed by atoms with Crippen LogP contribution in [0.15, 0.2) is 30.4 Å². The van der Waals surface area contributed by atoms with Crippen LogP contribution in [0.5, 0.6) is 5.75 Å². The van der Waals surface area contributed by atoms with Gasteiger partial charge in [0.25, 0.3) is 0 Å². The van der Waals surface area contributed by atoms with E-state index in [9.17, 15) is 0 Å². The number of halogens is 1. The van der Waals surface area contributed by atoms with Crippen LogP contribution < -0.4 is 10.1 Å². The first-order chi connectivity index (χ1) is 9.15. The smallest absolute Gasteiger partial charge is 0.138 e. The molecule has 2 rings (SSSR count). The van der Waals surface area contributed by atoms with Crippen molar-refractivity contribution < 1.29 is 4.74 Å². The standard InChI is InChI=1S/C15H21ClN2O/c1-12(2)11-19-15-4-3-13(9-14(15)16)10-18-7-5-17-6-8-18/h3-4,9,17H,1,5-8,10-11H2,2H3. The number of rotatable bonds is 5. The Morgan fingerprint density at radius 1 is 1.42 bits per heavy atom. The van der Waals surface area contributed by atoms with Gasteiger partial charge in [-0.25, -0.2) is 0 Å². The molecule has 0 amide bonds. The summed E-state index contributed by atoms with van der Waals surface area (Å²) in [5.41, 5.74) is 2.22. The Morgan fingerprint density at radius 2 is 2.16 bits per heavy atom. The van der Waals surface area contributed by atoms with Crippen LogP contribution in [0.4, 0.5) is 0 Å². The minimum absolute atomic E-state index is 0.511. The molecule has 0 saturated carbocycles. The lowest BCUT2D eigenvalue weighted by molar-refractivity contribution is 0.233. The molecule has 104 valence electrons. The van der Waals surface area contributed by atoms with Crippen molar-refractivity contribution in [2.45, 2.75) is 13.5 Å². The molecule has 0 atom stereocenters. The molecule has 0 spiro atoms. The van der Waals surface area contributed by atoms with Crippen LogP contribution in [0.2, 0.25) is 5.02 Å². The quantitative estimate of drug-likeness (QED) is 0.840. The molecule has 1 heterocycles. The highest BCUT2D eigenvalue weighted by molar-refractivity contribution is 6.32. The summed E-state index contributed by atoms with van der Waals surface area (Å²) in [5.74, 6) is 0.730. The van der Waals surface area contributed by atoms with Gasteiger partial charge in [0, 0.05) is 32.7 Å². The fraction of sp³-hybridized carbons (Fsp3) is 0.467. The third-order valence-electron chi connectivity index (χ3n) is 3.09. The van der Waals surface area contributed by atoms with E-state index in [1.807, 2.05) is 19.1 Å². The summed E-state index contributed by atoms with van der Waals surface area (Å²) in [6, 6.07) is 6.03. The molecule has 1 aromatic carbocycles. The normalized spacial score (nSPS) is 16.3. The molecule has 1 N–H and O–H groups in total. The molecular weight excluding hydrogens is 260 g/mol. The maximum absolute atomic E-state index is 6.25. The summed E-state index contributed by atoms with van der Waals surface area (Å²) in [4.78, 5) is 2.43. The van der Waals surface area contributed by atoms with Gasteiger partial charge in [-0.15, -0.1) is 0 Å². The fourth-order valence-corrected chi connectivity index (χ4v) is 2.35. The summed E-state index contributed by atoms with van der Waals surface area (Å²) in [6.07, 6.45) is 0. The Hall–Kier alpha value is -1.03. The van der Waals surface area contributed by atoms with Crippen LogP contribution in [0.3, 0.4) is 0 Å². The molecule has 0 aromatic heterocycles. The Balaban J connectivity index is 1.95. The Labute approximate surface area is 120 Å². The molecule has 1 fully saturated rings. The maximum Gasteiger partial charge on any atom is 0.138 e. The molecule has 3 nitrogen and oxygen atoms in total. The molecule has 1 aliphatic rings. The third-order valence-corrected chi connectivity index (χ3v) is 3.38. The van der Waals surface area contributed by atoms with Crippen molar-refractivity contribution in [1.29, 1.82) is 0 Å². The van der Waals surface area contributed by atoms with E-state index in [4.69, 9.17) is 16.3 Å². The van der Waals surface area contributed by atoms with Gasteiger partial charge >= 0.3 is 0 Å². The molecule has 1 aliphatic heterocycles. The van der Waals surface area contributed by atoms with Crippen LogP contribution in [-0.2, 0) is 6.54 Å². The van der Waals surface area contributed by atoms with E-state index in [1.54, 1.807) is 0 Å². The zero-order valence-corrected chi connectivity index (χ0v) is 12.2. The lowest BCUT2D eigenvalue weighted by Crippen LogP contribution is -2.42. The highest BCUT2D eigenvalue weighted by atomic mass is 35.5. The van der Waals surface area contributed by atoms with Gasteiger partial charge in [0.05, 0.1) is 5.02 Å². The predicted octanol–water partition coefficient (Wildman–Crippen LogP) is 2.70. The van der Waals surface area contributed by atoms with Crippen LogP contribution in [0.25, 0.3) is 0 Å². The second-order valence-electron chi connectivity index (χ2n) is 5.04. The van der Waals surface area contributed by atoms with Gasteiger partial charge in [0.2, 0.25) is 0 Å². The molecule has 0 unspecified atom stereocenters. The average Bonchev–Trinajstić information content (AvgIpc) is 2.39. The van der Waals surface area contributed by atoms with Gasteiger partial charge < -0.3 is 10.1 Å². The van der Waals surface area contributed by atoms with Crippen LogP contribution in [0.1, 0.15) is 12.5 Å². The molecule has 1 aromatic rings. The van der Waals surface area contributed by atoms with E-state index in [2.05, 4.69) is 22.9 Å². The number of hydrogen-bond acceptors (Lipinski definition) is 3. The van der Waals surface area contributed by atoms with Crippen molar-refractivity contribution in [3.63, 3.8) is 0 Å². The number of benzene rings is 1. The molecule has 0 radical (unpaired) electrons. The van der Waals surface area contributed by atoms with Gasteiger partial charge in [-0.2, -0.15) is 0 Å². The van der Waals surface area contributed by atoms with Crippen molar-refractivity contribution in [1.82, 2.24) is 10.2 Å². The van der Waals surface area contributed by atoms with Crippen molar-refractivity contribution >= 4 is 11.6 Å². The Bertz CT molecular complexity index is 442. The minimum Gasteiger partial charge on any atom is -0.488 e. The zero-order valence-electron chi connectivity index (χ0n) is 11.4. The van der Waals surface area contributed by atoms with Crippen molar-refractivity contribution in [3.8, 4) is 5.75 Å². The minimum atomic E-state index is 0.511. The van der Waals surface area contributed by atoms with E-state index < -0.39 is 0 Å². The Morgan fingerprint density at radius 3 is 2.79 bits per heavy atom. The Kier molecular flexibility index (Phi) is 5.25. The summed E-state index contributed by atoms with van der Waals surface area (Å²) in [6.45, 7) is 11.5. The molecular formula is C15H21ClN2O. The van der Waals surface area contributed by atoms with E-state index in [0.717, 1.165) is 44.0 Å². The highest BCUT2D eigenvalue weighted by Crippen LogP contribution is 2.26. The summed E-state index contributed by atoms with van der Waals surface area (Å²) in [5, 5.41) is 4.03. The number of ether oxygens (including phenoxy) is 1. The summed E-state index contributed by atoms with van der Waals surface area (Å²) >= 11 is 6.25. The number of nitrogens with zero attached hydrogens (tertiary/aromatic N) is 1. The van der Waals surface area contributed by atoms with Crippen molar-refractivity contribution in [2.24, 2.45) is 0 Å². The van der Waals surface area contributed by atoms with Crippen molar-refractivity contribution in [2.75, 3.05) is 32.8 Å². The van der Waals surface area contributed by atoms with E-state index in [0.29, 0.717) is 11.6 Å². The predicted molar refractivity (Wildman–Crippen MR) is 79.9 cm³/mol. The zero-order chi connectivity index (χ0) is 13.7. The summed E-state index contributed by atoms with van der Waals surface area (Å²) < 4.78 is 5.59. The monoisotopic (exact) mass is 280 g/mol.